The van der Waals surface area contributed by atoms with Crippen LogP contribution in [0.2, 0.25) is 0 Å². The number of carboxylic acids is 1. The highest BCUT2D eigenvalue weighted by Gasteiger charge is 2.34. The van der Waals surface area contributed by atoms with Gasteiger partial charge in [-0.1, -0.05) is 30.3 Å². The Balaban J connectivity index is 1.33. The zero-order valence-electron chi connectivity index (χ0n) is 20.7. The summed E-state index contributed by atoms with van der Waals surface area (Å²) in [6, 6.07) is 14.5. The van der Waals surface area contributed by atoms with Crippen LogP contribution in [0.25, 0.3) is 10.9 Å². The number of anilines is 1. The minimum absolute atomic E-state index is 0.0150. The normalized spacial score (nSPS) is 17.8. The fraction of sp³-hybridized carbons (Fsp3) is 0.407. The number of likely N-dealkylation sites (tertiary alicyclic amines) is 1. The van der Waals surface area contributed by atoms with Gasteiger partial charge in [0.25, 0.3) is 0 Å². The summed E-state index contributed by atoms with van der Waals surface area (Å²) in [6.45, 7) is 2.32. The summed E-state index contributed by atoms with van der Waals surface area (Å²) in [4.78, 5) is 33.7. The molecule has 0 saturated carbocycles. The number of carbonyl (C=O) groups excluding carboxylic acids is 1. The van der Waals surface area contributed by atoms with E-state index in [0.717, 1.165) is 16.5 Å². The lowest BCUT2D eigenvalue weighted by Crippen LogP contribution is -2.42. The van der Waals surface area contributed by atoms with Gasteiger partial charge in [-0.15, -0.1) is 0 Å². The van der Waals surface area contributed by atoms with Gasteiger partial charge < -0.3 is 30.3 Å². The van der Waals surface area contributed by atoms with Gasteiger partial charge in [0, 0.05) is 24.4 Å². The van der Waals surface area contributed by atoms with E-state index in [0.29, 0.717) is 31.0 Å². The summed E-state index contributed by atoms with van der Waals surface area (Å²) in [6.07, 6.45) is 0.0758. The molecule has 3 aromatic rings. The van der Waals surface area contributed by atoms with E-state index < -0.39 is 30.1 Å². The number of carbonyl (C=O) groups is 2. The summed E-state index contributed by atoms with van der Waals surface area (Å²) in [5, 5.41) is 34.1. The fourth-order valence-electron chi connectivity index (χ4n) is 4.57. The Kier molecular flexibility index (Phi) is 8.52. The number of ether oxygens (including phenoxy) is 1. The molecule has 37 heavy (non-hydrogen) atoms. The fourth-order valence-corrected chi connectivity index (χ4v) is 4.57. The third-order valence-electron chi connectivity index (χ3n) is 6.51. The van der Waals surface area contributed by atoms with Crippen LogP contribution >= 0.6 is 0 Å². The zero-order valence-corrected chi connectivity index (χ0v) is 20.7. The van der Waals surface area contributed by atoms with E-state index in [4.69, 9.17) is 4.74 Å². The van der Waals surface area contributed by atoms with Crippen molar-refractivity contribution in [2.45, 2.75) is 56.9 Å². The molecule has 1 fully saturated rings. The Morgan fingerprint density at radius 3 is 2.68 bits per heavy atom. The number of amides is 1. The largest absolute Gasteiger partial charge is 0.491 e. The van der Waals surface area contributed by atoms with Gasteiger partial charge in [-0.25, -0.2) is 14.8 Å². The molecule has 4 unspecified atom stereocenters. The van der Waals surface area contributed by atoms with Crippen LogP contribution in [0.15, 0.2) is 54.9 Å². The van der Waals surface area contributed by atoms with Crippen LogP contribution in [-0.2, 0) is 9.59 Å². The predicted molar refractivity (Wildman–Crippen MR) is 137 cm³/mol. The van der Waals surface area contributed by atoms with E-state index in [-0.39, 0.29) is 25.5 Å². The molecule has 4 N–H and O–H groups in total. The SMILES string of the molecule is CC(Nc1ncnc2ccc(OCC(O)CC(O)CC(=O)N3CCCC3C(=O)O)cc12)c1ccccc1. The molecule has 1 saturated heterocycles. The van der Waals surface area contributed by atoms with Crippen molar-refractivity contribution in [1.29, 1.82) is 0 Å². The Bertz CT molecular complexity index is 1220. The van der Waals surface area contributed by atoms with E-state index in [1.165, 1.54) is 11.2 Å². The first-order chi connectivity index (χ1) is 17.8. The summed E-state index contributed by atoms with van der Waals surface area (Å²) >= 11 is 0. The number of hydrogen-bond acceptors (Lipinski definition) is 8. The topological polar surface area (TPSA) is 145 Å². The molecule has 0 aliphatic carbocycles. The Morgan fingerprint density at radius 2 is 1.92 bits per heavy atom. The van der Waals surface area contributed by atoms with Crippen molar-refractivity contribution in [3.63, 3.8) is 0 Å². The van der Waals surface area contributed by atoms with Crippen LogP contribution < -0.4 is 10.1 Å². The van der Waals surface area contributed by atoms with E-state index in [9.17, 15) is 24.9 Å². The number of benzene rings is 2. The second kappa shape index (κ2) is 12.0. The average molecular weight is 509 g/mol. The Morgan fingerprint density at radius 1 is 1.14 bits per heavy atom. The number of aliphatic hydroxyl groups is 2. The molecule has 2 aromatic carbocycles. The average Bonchev–Trinajstić information content (AvgIpc) is 3.39. The van der Waals surface area contributed by atoms with Gasteiger partial charge >= 0.3 is 5.97 Å². The molecular weight excluding hydrogens is 476 g/mol. The highest BCUT2D eigenvalue weighted by molar-refractivity contribution is 5.90. The maximum Gasteiger partial charge on any atom is 0.326 e. The van der Waals surface area contributed by atoms with Gasteiger partial charge in [0.1, 0.15) is 30.5 Å². The van der Waals surface area contributed by atoms with Crippen LogP contribution in [-0.4, -0.2) is 73.5 Å². The standard InChI is InChI=1S/C27H32N4O6/c1-17(18-6-3-2-4-7-18)30-26-22-14-21(9-10-23(22)28-16-29-26)37-15-20(33)12-19(32)13-25(34)31-11-5-8-24(31)27(35)36/h2-4,6-7,9-10,14,16-17,19-20,24,32-33H,5,8,11-13,15H2,1H3,(H,35,36)(H,28,29,30). The van der Waals surface area contributed by atoms with Gasteiger partial charge in [-0.2, -0.15) is 0 Å². The molecule has 2 heterocycles. The highest BCUT2D eigenvalue weighted by atomic mass is 16.5. The number of hydrogen-bond donors (Lipinski definition) is 4. The molecule has 1 amide bonds. The third-order valence-corrected chi connectivity index (χ3v) is 6.51. The Labute approximate surface area is 214 Å². The molecule has 4 atom stereocenters. The molecule has 10 heteroatoms. The first kappa shape index (κ1) is 26.3. The first-order valence-electron chi connectivity index (χ1n) is 12.4. The minimum atomic E-state index is -1.11. The van der Waals surface area contributed by atoms with Gasteiger partial charge in [0.05, 0.1) is 24.1 Å². The summed E-state index contributed by atoms with van der Waals surface area (Å²) in [5.41, 5.74) is 1.85. The number of aliphatic hydroxyl groups excluding tert-OH is 2. The number of carboxylic acid groups (broad SMARTS) is 1. The summed E-state index contributed by atoms with van der Waals surface area (Å²) < 4.78 is 5.76. The van der Waals surface area contributed by atoms with Crippen molar-refractivity contribution in [2.75, 3.05) is 18.5 Å². The van der Waals surface area contributed by atoms with E-state index in [1.54, 1.807) is 18.2 Å². The molecule has 4 rings (SSSR count). The van der Waals surface area contributed by atoms with Crippen molar-refractivity contribution < 1.29 is 29.6 Å². The molecule has 1 aliphatic heterocycles. The smallest absolute Gasteiger partial charge is 0.326 e. The molecule has 0 spiro atoms. The van der Waals surface area contributed by atoms with Gasteiger partial charge in [0.2, 0.25) is 5.91 Å². The molecular formula is C27H32N4O6. The molecule has 0 bridgehead atoms. The van der Waals surface area contributed by atoms with Crippen LogP contribution in [0.4, 0.5) is 5.82 Å². The number of rotatable bonds is 11. The first-order valence-corrected chi connectivity index (χ1v) is 12.4. The maximum absolute atomic E-state index is 12.4. The number of aromatic nitrogens is 2. The lowest BCUT2D eigenvalue weighted by atomic mass is 10.1. The van der Waals surface area contributed by atoms with Crippen molar-refractivity contribution in [3.05, 3.63) is 60.4 Å². The van der Waals surface area contributed by atoms with Gasteiger partial charge in [-0.3, -0.25) is 4.79 Å². The number of aliphatic carboxylic acids is 1. The van der Waals surface area contributed by atoms with E-state index >= 15 is 0 Å². The maximum atomic E-state index is 12.4. The van der Waals surface area contributed by atoms with Crippen molar-refractivity contribution in [1.82, 2.24) is 14.9 Å². The van der Waals surface area contributed by atoms with Crippen molar-refractivity contribution >= 4 is 28.6 Å². The molecule has 1 aliphatic rings. The lowest BCUT2D eigenvalue weighted by Gasteiger charge is -2.23. The lowest BCUT2D eigenvalue weighted by molar-refractivity contribution is -0.149. The molecule has 1 aromatic heterocycles. The number of fused-ring (bicyclic) bond motifs is 1. The number of nitrogens with one attached hydrogen (secondary N) is 1. The van der Waals surface area contributed by atoms with Gasteiger partial charge in [-0.05, 0) is 43.5 Å². The third kappa shape index (κ3) is 6.72. The Hall–Kier alpha value is -3.76. The quantitative estimate of drug-likeness (QED) is 0.307. The highest BCUT2D eigenvalue weighted by Crippen LogP contribution is 2.27. The monoisotopic (exact) mass is 508 g/mol. The second-order valence-corrected chi connectivity index (χ2v) is 9.32. The van der Waals surface area contributed by atoms with Gasteiger partial charge in [0.15, 0.2) is 0 Å². The van der Waals surface area contributed by atoms with Crippen molar-refractivity contribution in [3.8, 4) is 5.75 Å². The predicted octanol–water partition coefficient (Wildman–Crippen LogP) is 2.76. The van der Waals surface area contributed by atoms with Crippen LogP contribution in [0.5, 0.6) is 5.75 Å². The number of nitrogens with zero attached hydrogens (tertiary/aromatic N) is 3. The molecule has 0 radical (unpaired) electrons. The van der Waals surface area contributed by atoms with Crippen molar-refractivity contribution in [2.24, 2.45) is 0 Å². The van der Waals surface area contributed by atoms with Crippen LogP contribution in [0, 0.1) is 0 Å². The molecule has 10 nitrogen and oxygen atoms in total. The van der Waals surface area contributed by atoms with E-state index in [2.05, 4.69) is 15.3 Å². The molecule has 196 valence electrons. The zero-order chi connectivity index (χ0) is 26.4. The van der Waals surface area contributed by atoms with Crippen LogP contribution in [0.3, 0.4) is 0 Å². The summed E-state index contributed by atoms with van der Waals surface area (Å²) in [7, 11) is 0. The van der Waals surface area contributed by atoms with Crippen LogP contribution in [0.1, 0.15) is 44.2 Å². The second-order valence-electron chi connectivity index (χ2n) is 9.32. The van der Waals surface area contributed by atoms with E-state index in [1.807, 2.05) is 37.3 Å². The summed E-state index contributed by atoms with van der Waals surface area (Å²) in [5.74, 6) is -0.307. The minimum Gasteiger partial charge on any atom is -0.491 e.